The summed E-state index contributed by atoms with van der Waals surface area (Å²) in [6.07, 6.45) is 5.70. The molecule has 2 N–H and O–H groups in total. The zero-order valence-corrected chi connectivity index (χ0v) is 14.6. The van der Waals surface area contributed by atoms with E-state index in [2.05, 4.69) is 17.6 Å². The van der Waals surface area contributed by atoms with Gasteiger partial charge in [0.2, 0.25) is 0 Å². The maximum atomic E-state index is 5.83. The third kappa shape index (κ3) is 4.02. The minimum absolute atomic E-state index is 0.122. The predicted molar refractivity (Wildman–Crippen MR) is 84.0 cm³/mol. The largest absolute Gasteiger partial charge is 0.396 e. The maximum absolute atomic E-state index is 5.83. The summed E-state index contributed by atoms with van der Waals surface area (Å²) in [5.74, 6) is 0. The van der Waals surface area contributed by atoms with E-state index in [0.29, 0.717) is 0 Å². The van der Waals surface area contributed by atoms with Gasteiger partial charge >= 0.3 is 8.56 Å². The SMILES string of the molecule is C1CNCN1.CCCC1(OC)CCCC[Si]1(OC)OC. The van der Waals surface area contributed by atoms with E-state index in [1.54, 1.807) is 21.3 Å². The van der Waals surface area contributed by atoms with Crippen LogP contribution >= 0.6 is 0 Å². The van der Waals surface area contributed by atoms with E-state index in [-0.39, 0.29) is 5.22 Å². The molecule has 120 valence electrons. The second-order valence-electron chi connectivity index (χ2n) is 5.49. The van der Waals surface area contributed by atoms with Crippen LogP contribution in [-0.4, -0.2) is 54.9 Å². The lowest BCUT2D eigenvalue weighted by Crippen LogP contribution is -2.64. The Labute approximate surface area is 125 Å². The van der Waals surface area contributed by atoms with Crippen LogP contribution in [-0.2, 0) is 13.6 Å². The van der Waals surface area contributed by atoms with E-state index in [9.17, 15) is 0 Å². The molecule has 0 bridgehead atoms. The first-order chi connectivity index (χ1) is 9.70. The average Bonchev–Trinajstić information content (AvgIpc) is 3.07. The third-order valence-corrected chi connectivity index (χ3v) is 8.89. The van der Waals surface area contributed by atoms with E-state index in [4.69, 9.17) is 13.6 Å². The molecule has 2 aliphatic rings. The molecule has 5 nitrogen and oxygen atoms in total. The Morgan fingerprint density at radius 3 is 2.10 bits per heavy atom. The van der Waals surface area contributed by atoms with Crippen LogP contribution in [0.2, 0.25) is 6.04 Å². The highest BCUT2D eigenvalue weighted by atomic mass is 28.4. The van der Waals surface area contributed by atoms with Gasteiger partial charge in [0.05, 0.1) is 0 Å². The van der Waals surface area contributed by atoms with Gasteiger partial charge in [-0.3, -0.25) is 0 Å². The topological polar surface area (TPSA) is 51.8 Å². The van der Waals surface area contributed by atoms with Crippen molar-refractivity contribution < 1.29 is 13.6 Å². The van der Waals surface area contributed by atoms with Crippen molar-refractivity contribution in [3.05, 3.63) is 0 Å². The third-order valence-electron chi connectivity index (χ3n) is 4.46. The normalized spacial score (nSPS) is 28.8. The first-order valence-corrected chi connectivity index (χ1v) is 9.79. The summed E-state index contributed by atoms with van der Waals surface area (Å²) in [7, 11) is 3.22. The van der Waals surface area contributed by atoms with Crippen LogP contribution in [0.25, 0.3) is 0 Å². The average molecular weight is 305 g/mol. The van der Waals surface area contributed by atoms with Gasteiger partial charge in [0, 0.05) is 41.1 Å². The molecule has 2 heterocycles. The molecule has 0 aromatic carbocycles. The van der Waals surface area contributed by atoms with Crippen molar-refractivity contribution in [3.63, 3.8) is 0 Å². The monoisotopic (exact) mass is 304 g/mol. The molecule has 0 aliphatic carbocycles. The molecule has 20 heavy (non-hydrogen) atoms. The summed E-state index contributed by atoms with van der Waals surface area (Å²) in [5, 5.41) is 6.10. The van der Waals surface area contributed by atoms with Crippen molar-refractivity contribution in [2.24, 2.45) is 0 Å². The maximum Gasteiger partial charge on any atom is 0.370 e. The molecule has 0 spiro atoms. The van der Waals surface area contributed by atoms with Gasteiger partial charge in [-0.2, -0.15) is 0 Å². The van der Waals surface area contributed by atoms with Crippen LogP contribution in [0.3, 0.4) is 0 Å². The van der Waals surface area contributed by atoms with Crippen LogP contribution in [0.4, 0.5) is 0 Å². The highest BCUT2D eigenvalue weighted by molar-refractivity contribution is 6.70. The first kappa shape index (κ1) is 18.1. The lowest BCUT2D eigenvalue weighted by Gasteiger charge is -2.47. The Morgan fingerprint density at radius 1 is 1.05 bits per heavy atom. The number of ether oxygens (including phenoxy) is 1. The van der Waals surface area contributed by atoms with Crippen LogP contribution in [0.15, 0.2) is 0 Å². The van der Waals surface area contributed by atoms with Crippen molar-refractivity contribution in [3.8, 4) is 0 Å². The Balaban J connectivity index is 0.000000333. The molecule has 2 rings (SSSR count). The van der Waals surface area contributed by atoms with Crippen LogP contribution in [0.5, 0.6) is 0 Å². The van der Waals surface area contributed by atoms with Crippen molar-refractivity contribution in [1.29, 1.82) is 0 Å². The van der Waals surface area contributed by atoms with Crippen molar-refractivity contribution in [1.82, 2.24) is 10.6 Å². The summed E-state index contributed by atoms with van der Waals surface area (Å²) >= 11 is 0. The molecule has 2 saturated heterocycles. The van der Waals surface area contributed by atoms with Crippen LogP contribution in [0, 0.1) is 0 Å². The molecule has 0 radical (unpaired) electrons. The first-order valence-electron chi connectivity index (χ1n) is 7.77. The van der Waals surface area contributed by atoms with Crippen molar-refractivity contribution in [2.45, 2.75) is 50.3 Å². The number of methoxy groups -OCH3 is 1. The van der Waals surface area contributed by atoms with Gasteiger partial charge in [-0.25, -0.2) is 0 Å². The van der Waals surface area contributed by atoms with E-state index in [1.165, 1.54) is 12.8 Å². The summed E-state index contributed by atoms with van der Waals surface area (Å²) in [5.41, 5.74) is 0. The Kier molecular flexibility index (Phi) is 8.24. The minimum atomic E-state index is -2.15. The van der Waals surface area contributed by atoms with Gasteiger partial charge in [-0.15, -0.1) is 0 Å². The summed E-state index contributed by atoms with van der Waals surface area (Å²) < 4.78 is 17.4. The van der Waals surface area contributed by atoms with Gasteiger partial charge in [-0.05, 0) is 18.9 Å². The second-order valence-corrected chi connectivity index (χ2v) is 9.23. The fourth-order valence-electron chi connectivity index (χ4n) is 3.37. The molecule has 6 heteroatoms. The van der Waals surface area contributed by atoms with Gasteiger partial charge in [-0.1, -0.05) is 26.2 Å². The molecule has 0 amide bonds. The van der Waals surface area contributed by atoms with Gasteiger partial charge in [0.1, 0.15) is 5.22 Å². The highest BCUT2D eigenvalue weighted by Gasteiger charge is 2.58. The number of nitrogens with one attached hydrogen (secondary N) is 2. The van der Waals surface area contributed by atoms with Crippen molar-refractivity contribution >= 4 is 8.56 Å². The van der Waals surface area contributed by atoms with Crippen molar-refractivity contribution in [2.75, 3.05) is 41.1 Å². The molecule has 0 aromatic heterocycles. The van der Waals surface area contributed by atoms with E-state index >= 15 is 0 Å². The fourth-order valence-corrected chi connectivity index (χ4v) is 7.36. The molecule has 0 saturated carbocycles. The number of hydrogen-bond acceptors (Lipinski definition) is 5. The minimum Gasteiger partial charge on any atom is -0.396 e. The molecule has 1 unspecified atom stereocenters. The molecular formula is C14H32N2O3Si. The molecule has 0 aromatic rings. The fraction of sp³-hybridized carbons (Fsp3) is 1.00. The molecule has 2 fully saturated rings. The Hall–Kier alpha value is 0.0169. The standard InChI is InChI=1S/C11H24O3Si.C3H8N2/c1-5-8-11(12-2)9-6-7-10-15(11,13-3)14-4;1-2-5-3-4-1/h5-10H2,1-4H3;4-5H,1-3H2. The lowest BCUT2D eigenvalue weighted by atomic mass is 10.1. The Bertz CT molecular complexity index is 249. The smallest absolute Gasteiger partial charge is 0.370 e. The van der Waals surface area contributed by atoms with Crippen LogP contribution in [0.1, 0.15) is 39.0 Å². The number of rotatable bonds is 5. The molecular weight excluding hydrogens is 272 g/mol. The summed E-state index contributed by atoms with van der Waals surface area (Å²) in [6.45, 7) is 5.47. The summed E-state index contributed by atoms with van der Waals surface area (Å²) in [6, 6.07) is 1.06. The van der Waals surface area contributed by atoms with Gasteiger partial charge < -0.3 is 24.2 Å². The Morgan fingerprint density at radius 2 is 1.70 bits per heavy atom. The second kappa shape index (κ2) is 9.12. The predicted octanol–water partition coefficient (Wildman–Crippen LogP) is 1.77. The molecule has 1 atom stereocenters. The number of hydrogen-bond donors (Lipinski definition) is 2. The summed E-state index contributed by atoms with van der Waals surface area (Å²) in [4.78, 5) is 0. The van der Waals surface area contributed by atoms with E-state index < -0.39 is 8.56 Å². The highest BCUT2D eigenvalue weighted by Crippen LogP contribution is 2.42. The van der Waals surface area contributed by atoms with Crippen LogP contribution < -0.4 is 10.6 Å². The lowest BCUT2D eigenvalue weighted by molar-refractivity contribution is -0.0149. The van der Waals surface area contributed by atoms with Gasteiger partial charge in [0.15, 0.2) is 0 Å². The quantitative estimate of drug-likeness (QED) is 0.758. The molecule has 2 aliphatic heterocycles. The van der Waals surface area contributed by atoms with E-state index in [0.717, 1.165) is 45.1 Å². The van der Waals surface area contributed by atoms with E-state index in [1.807, 2.05) is 0 Å². The zero-order chi connectivity index (χ0) is 14.9. The zero-order valence-electron chi connectivity index (χ0n) is 13.6. The van der Waals surface area contributed by atoms with Gasteiger partial charge in [0.25, 0.3) is 0 Å².